The molecule has 0 bridgehead atoms. The van der Waals surface area contributed by atoms with Crippen LogP contribution in [0.25, 0.3) is 5.82 Å². The lowest BCUT2D eigenvalue weighted by molar-refractivity contribution is -0.00898. The van der Waals surface area contributed by atoms with Crippen molar-refractivity contribution in [2.45, 2.75) is 37.8 Å². The number of hydrogen-bond acceptors (Lipinski definition) is 6. The molecule has 0 radical (unpaired) electrons. The minimum absolute atomic E-state index is 0.279. The number of ether oxygens (including phenoxy) is 1. The molecule has 7 heteroatoms. The SMILES string of the molecule is Nc1nc(N2CCO[C@@H]3CCCC[C@@H]32)cc(-n2cccn2)n1. The van der Waals surface area contributed by atoms with Crippen LogP contribution in [0.2, 0.25) is 0 Å². The van der Waals surface area contributed by atoms with Gasteiger partial charge in [-0.25, -0.2) is 4.68 Å². The Morgan fingerprint density at radius 3 is 2.91 bits per heavy atom. The normalized spacial score (nSPS) is 25.0. The molecule has 1 saturated heterocycles. The summed E-state index contributed by atoms with van der Waals surface area (Å²) in [5.41, 5.74) is 5.92. The summed E-state index contributed by atoms with van der Waals surface area (Å²) < 4.78 is 7.64. The van der Waals surface area contributed by atoms with E-state index >= 15 is 0 Å². The first-order chi connectivity index (χ1) is 10.8. The van der Waals surface area contributed by atoms with E-state index in [1.54, 1.807) is 10.9 Å². The van der Waals surface area contributed by atoms with Gasteiger partial charge in [0.15, 0.2) is 5.82 Å². The average molecular weight is 300 g/mol. The highest BCUT2D eigenvalue weighted by molar-refractivity contribution is 5.49. The number of anilines is 2. The summed E-state index contributed by atoms with van der Waals surface area (Å²) in [5, 5.41) is 4.22. The summed E-state index contributed by atoms with van der Waals surface area (Å²) in [6.07, 6.45) is 8.66. The number of rotatable bonds is 2. The lowest BCUT2D eigenvalue weighted by Crippen LogP contribution is -2.53. The van der Waals surface area contributed by atoms with Gasteiger partial charge in [-0.2, -0.15) is 15.1 Å². The Labute approximate surface area is 129 Å². The van der Waals surface area contributed by atoms with Crippen LogP contribution in [0.3, 0.4) is 0 Å². The molecule has 3 heterocycles. The van der Waals surface area contributed by atoms with Gasteiger partial charge in [-0.15, -0.1) is 0 Å². The molecule has 0 amide bonds. The van der Waals surface area contributed by atoms with Gasteiger partial charge in [0.25, 0.3) is 0 Å². The third-order valence-electron chi connectivity index (χ3n) is 4.48. The van der Waals surface area contributed by atoms with Crippen LogP contribution >= 0.6 is 0 Å². The van der Waals surface area contributed by atoms with E-state index in [0.29, 0.717) is 18.0 Å². The zero-order valence-corrected chi connectivity index (χ0v) is 12.4. The molecule has 0 unspecified atom stereocenters. The Bertz CT molecular complexity index is 641. The minimum atomic E-state index is 0.279. The molecule has 1 aliphatic carbocycles. The van der Waals surface area contributed by atoms with Gasteiger partial charge in [-0.1, -0.05) is 12.8 Å². The molecule has 4 rings (SSSR count). The highest BCUT2D eigenvalue weighted by Gasteiger charge is 2.35. The van der Waals surface area contributed by atoms with Crippen LogP contribution < -0.4 is 10.6 Å². The quantitative estimate of drug-likeness (QED) is 0.902. The summed E-state index contributed by atoms with van der Waals surface area (Å²) >= 11 is 0. The third-order valence-corrected chi connectivity index (χ3v) is 4.48. The molecule has 1 saturated carbocycles. The van der Waals surface area contributed by atoms with Gasteiger partial charge in [0.05, 0.1) is 18.8 Å². The predicted octanol–water partition coefficient (Wildman–Crippen LogP) is 1.39. The molecule has 22 heavy (non-hydrogen) atoms. The van der Waals surface area contributed by atoms with E-state index in [9.17, 15) is 0 Å². The summed E-state index contributed by atoms with van der Waals surface area (Å²) in [6, 6.07) is 4.21. The van der Waals surface area contributed by atoms with E-state index in [2.05, 4.69) is 20.0 Å². The lowest BCUT2D eigenvalue weighted by atomic mass is 9.90. The average Bonchev–Trinajstić information content (AvgIpc) is 3.08. The van der Waals surface area contributed by atoms with Crippen LogP contribution in [-0.4, -0.2) is 45.0 Å². The van der Waals surface area contributed by atoms with Gasteiger partial charge in [0.2, 0.25) is 5.95 Å². The maximum Gasteiger partial charge on any atom is 0.224 e. The highest BCUT2D eigenvalue weighted by atomic mass is 16.5. The molecular formula is C15H20N6O. The molecule has 2 aromatic heterocycles. The number of aromatic nitrogens is 4. The van der Waals surface area contributed by atoms with Gasteiger partial charge in [-0.3, -0.25) is 0 Å². The zero-order chi connectivity index (χ0) is 14.9. The van der Waals surface area contributed by atoms with E-state index in [4.69, 9.17) is 10.5 Å². The number of nitrogens with zero attached hydrogens (tertiary/aromatic N) is 5. The Morgan fingerprint density at radius 2 is 2.05 bits per heavy atom. The van der Waals surface area contributed by atoms with Crippen LogP contribution in [0.5, 0.6) is 0 Å². The molecule has 2 aliphatic rings. The fourth-order valence-electron chi connectivity index (χ4n) is 3.49. The monoisotopic (exact) mass is 300 g/mol. The number of morpholine rings is 1. The number of hydrogen-bond donors (Lipinski definition) is 1. The standard InChI is InChI=1S/C15H20N6O/c16-15-18-13(10-14(19-15)21-7-3-6-17-21)20-8-9-22-12-5-2-1-4-11(12)20/h3,6-7,10-12H,1-2,4-5,8-9H2,(H2,16,18,19)/t11-,12+/m0/s1. The van der Waals surface area contributed by atoms with Crippen LogP contribution in [0.15, 0.2) is 24.5 Å². The topological polar surface area (TPSA) is 82.1 Å². The van der Waals surface area contributed by atoms with E-state index < -0.39 is 0 Å². The fraction of sp³-hybridized carbons (Fsp3) is 0.533. The van der Waals surface area contributed by atoms with Crippen molar-refractivity contribution in [1.82, 2.24) is 19.7 Å². The van der Waals surface area contributed by atoms with Crippen molar-refractivity contribution in [3.63, 3.8) is 0 Å². The summed E-state index contributed by atoms with van der Waals surface area (Å²) in [5.74, 6) is 1.85. The summed E-state index contributed by atoms with van der Waals surface area (Å²) in [7, 11) is 0. The van der Waals surface area contributed by atoms with Crippen molar-refractivity contribution in [1.29, 1.82) is 0 Å². The first kappa shape index (κ1) is 13.5. The van der Waals surface area contributed by atoms with Crippen molar-refractivity contribution in [3.05, 3.63) is 24.5 Å². The van der Waals surface area contributed by atoms with E-state index in [1.807, 2.05) is 18.3 Å². The van der Waals surface area contributed by atoms with Gasteiger partial charge in [-0.05, 0) is 18.9 Å². The van der Waals surface area contributed by atoms with Crippen molar-refractivity contribution >= 4 is 11.8 Å². The first-order valence-electron chi connectivity index (χ1n) is 7.84. The molecular weight excluding hydrogens is 280 g/mol. The molecule has 0 aromatic carbocycles. The molecule has 7 nitrogen and oxygen atoms in total. The van der Waals surface area contributed by atoms with Crippen LogP contribution in [0.1, 0.15) is 25.7 Å². The van der Waals surface area contributed by atoms with Crippen molar-refractivity contribution in [2.75, 3.05) is 23.8 Å². The van der Waals surface area contributed by atoms with Crippen LogP contribution in [-0.2, 0) is 4.74 Å². The van der Waals surface area contributed by atoms with Gasteiger partial charge in [0.1, 0.15) is 5.82 Å². The van der Waals surface area contributed by atoms with Gasteiger partial charge in [0, 0.05) is 25.0 Å². The lowest BCUT2D eigenvalue weighted by Gasteiger charge is -2.44. The van der Waals surface area contributed by atoms with E-state index in [-0.39, 0.29) is 5.95 Å². The molecule has 0 spiro atoms. The minimum Gasteiger partial charge on any atom is -0.374 e. The zero-order valence-electron chi connectivity index (χ0n) is 12.4. The van der Waals surface area contributed by atoms with Crippen molar-refractivity contribution in [3.8, 4) is 5.82 Å². The van der Waals surface area contributed by atoms with Crippen molar-refractivity contribution < 1.29 is 4.74 Å². The van der Waals surface area contributed by atoms with Crippen LogP contribution in [0, 0.1) is 0 Å². The molecule has 2 fully saturated rings. The Morgan fingerprint density at radius 1 is 1.18 bits per heavy atom. The second-order valence-electron chi connectivity index (χ2n) is 5.85. The smallest absolute Gasteiger partial charge is 0.224 e. The number of nitrogen functional groups attached to an aromatic ring is 1. The van der Waals surface area contributed by atoms with Gasteiger partial charge >= 0.3 is 0 Å². The summed E-state index contributed by atoms with van der Waals surface area (Å²) in [4.78, 5) is 11.1. The molecule has 2 N–H and O–H groups in total. The fourth-order valence-corrected chi connectivity index (χ4v) is 3.49. The van der Waals surface area contributed by atoms with E-state index in [0.717, 1.165) is 31.8 Å². The second-order valence-corrected chi connectivity index (χ2v) is 5.85. The maximum atomic E-state index is 5.93. The Kier molecular flexibility index (Phi) is 3.42. The molecule has 116 valence electrons. The largest absolute Gasteiger partial charge is 0.374 e. The second kappa shape index (κ2) is 5.57. The maximum absolute atomic E-state index is 5.93. The number of fused-ring (bicyclic) bond motifs is 1. The first-order valence-corrected chi connectivity index (χ1v) is 7.84. The predicted molar refractivity (Wildman–Crippen MR) is 82.9 cm³/mol. The van der Waals surface area contributed by atoms with Crippen molar-refractivity contribution in [2.24, 2.45) is 0 Å². The van der Waals surface area contributed by atoms with E-state index in [1.165, 1.54) is 12.8 Å². The highest BCUT2D eigenvalue weighted by Crippen LogP contribution is 2.31. The molecule has 2 aromatic rings. The van der Waals surface area contributed by atoms with Crippen LogP contribution in [0.4, 0.5) is 11.8 Å². The van der Waals surface area contributed by atoms with Gasteiger partial charge < -0.3 is 15.4 Å². The molecule has 2 atom stereocenters. The number of nitrogens with two attached hydrogens (primary N) is 1. The molecule has 1 aliphatic heterocycles. The Hall–Kier alpha value is -2.15. The summed E-state index contributed by atoms with van der Waals surface area (Å²) in [6.45, 7) is 1.58. The third kappa shape index (κ3) is 2.41. The Balaban J connectivity index is 1.69.